The van der Waals surface area contributed by atoms with Crippen molar-refractivity contribution in [2.75, 3.05) is 6.61 Å². The van der Waals surface area contributed by atoms with Crippen molar-refractivity contribution in [3.05, 3.63) is 12.7 Å². The van der Waals surface area contributed by atoms with Crippen LogP contribution in [0.25, 0.3) is 0 Å². The Labute approximate surface area is 87.4 Å². The van der Waals surface area contributed by atoms with Gasteiger partial charge in [-0.15, -0.1) is 0 Å². The van der Waals surface area contributed by atoms with E-state index in [1.807, 2.05) is 0 Å². The van der Waals surface area contributed by atoms with Crippen LogP contribution in [0.2, 0.25) is 9.41 Å². The zero-order valence-electron chi connectivity index (χ0n) is 8.72. The van der Waals surface area contributed by atoms with Gasteiger partial charge in [0.1, 0.15) is 0 Å². The first kappa shape index (κ1) is 12.8. The van der Waals surface area contributed by atoms with Gasteiger partial charge in [-0.05, 0) is 0 Å². The summed E-state index contributed by atoms with van der Waals surface area (Å²) in [5.41, 5.74) is 0. The van der Waals surface area contributed by atoms with Crippen LogP contribution in [-0.4, -0.2) is 28.3 Å². The van der Waals surface area contributed by atoms with E-state index in [2.05, 4.69) is 27.4 Å². The van der Waals surface area contributed by atoms with E-state index >= 15 is 0 Å². The van der Waals surface area contributed by atoms with Crippen molar-refractivity contribution in [3.63, 3.8) is 0 Å². The summed E-state index contributed by atoms with van der Waals surface area (Å²) in [6.45, 7) is 10.7. The molecule has 3 heteroatoms. The Morgan fingerprint density at radius 2 is 2.15 bits per heavy atom. The van der Waals surface area contributed by atoms with Crippen LogP contribution in [0.1, 0.15) is 27.2 Å². The summed E-state index contributed by atoms with van der Waals surface area (Å²) in [7, 11) is 0. The van der Waals surface area contributed by atoms with Crippen molar-refractivity contribution < 1.29 is 9.53 Å². The fraction of sp³-hybridized carbons (Fsp3) is 0.700. The van der Waals surface area contributed by atoms with Crippen molar-refractivity contribution in [3.8, 4) is 0 Å². The molecule has 0 amide bonds. The molecule has 0 aromatic heterocycles. The Morgan fingerprint density at radius 3 is 2.62 bits per heavy atom. The van der Waals surface area contributed by atoms with Crippen LogP contribution in [0.3, 0.4) is 0 Å². The molecule has 0 heterocycles. The van der Waals surface area contributed by atoms with Crippen molar-refractivity contribution in [1.29, 1.82) is 0 Å². The third-order valence-electron chi connectivity index (χ3n) is 1.39. The first-order valence-corrected chi connectivity index (χ1v) is 7.03. The molecule has 0 N–H and O–H groups in total. The summed E-state index contributed by atoms with van der Waals surface area (Å²) >= 11 is 0.0997. The molecule has 0 aromatic carbocycles. The SMILES string of the molecule is C=CC(=O)OCCC[AsH]C(C)(C)C. The van der Waals surface area contributed by atoms with Crippen LogP contribution in [0.5, 0.6) is 0 Å². The monoisotopic (exact) mass is 246 g/mol. The van der Waals surface area contributed by atoms with Gasteiger partial charge in [0.25, 0.3) is 0 Å². The molecule has 1 unspecified atom stereocenters. The Balaban J connectivity index is 3.27. The third-order valence-corrected chi connectivity index (χ3v) is 4.88. The topological polar surface area (TPSA) is 26.3 Å². The normalized spacial score (nSPS) is 11.9. The van der Waals surface area contributed by atoms with E-state index in [1.54, 1.807) is 0 Å². The summed E-state index contributed by atoms with van der Waals surface area (Å²) in [4.78, 5) is 10.6. The molecule has 0 saturated carbocycles. The summed E-state index contributed by atoms with van der Waals surface area (Å²) in [5, 5.41) is 1.23. The van der Waals surface area contributed by atoms with Crippen molar-refractivity contribution >= 4 is 21.7 Å². The molecule has 0 rings (SSSR count). The van der Waals surface area contributed by atoms with Crippen LogP contribution < -0.4 is 0 Å². The number of carbonyl (C=O) groups is 1. The van der Waals surface area contributed by atoms with E-state index in [9.17, 15) is 4.79 Å². The average molecular weight is 246 g/mol. The van der Waals surface area contributed by atoms with Gasteiger partial charge in [-0.3, -0.25) is 0 Å². The van der Waals surface area contributed by atoms with Crippen LogP contribution in [0.4, 0.5) is 0 Å². The maximum atomic E-state index is 10.6. The van der Waals surface area contributed by atoms with E-state index < -0.39 is 0 Å². The third kappa shape index (κ3) is 9.68. The molecule has 0 aliphatic rings. The Kier molecular flexibility index (Phi) is 6.15. The van der Waals surface area contributed by atoms with Gasteiger partial charge in [0.2, 0.25) is 0 Å². The van der Waals surface area contributed by atoms with E-state index in [1.165, 1.54) is 11.3 Å². The van der Waals surface area contributed by atoms with E-state index in [0.717, 1.165) is 6.42 Å². The van der Waals surface area contributed by atoms with Crippen LogP contribution in [-0.2, 0) is 9.53 Å². The summed E-state index contributed by atoms with van der Waals surface area (Å²) in [6.07, 6.45) is 2.21. The molecule has 0 spiro atoms. The minimum absolute atomic E-state index is 0.0997. The molecule has 0 aromatic rings. The zero-order valence-corrected chi connectivity index (χ0v) is 10.8. The molecule has 0 fully saturated rings. The number of hydrogen-bond acceptors (Lipinski definition) is 2. The van der Waals surface area contributed by atoms with E-state index in [0.29, 0.717) is 10.8 Å². The molecule has 13 heavy (non-hydrogen) atoms. The van der Waals surface area contributed by atoms with Gasteiger partial charge in [0, 0.05) is 0 Å². The quantitative estimate of drug-likeness (QED) is 0.321. The number of rotatable bonds is 5. The summed E-state index contributed by atoms with van der Waals surface area (Å²) in [6, 6.07) is 0. The predicted octanol–water partition coefficient (Wildman–Crippen LogP) is 2.18. The van der Waals surface area contributed by atoms with Gasteiger partial charge in [-0.2, -0.15) is 0 Å². The molecule has 0 aliphatic heterocycles. The molecule has 0 saturated heterocycles. The average Bonchev–Trinajstić information content (AvgIpc) is 2.01. The molecule has 1 atom stereocenters. The van der Waals surface area contributed by atoms with Gasteiger partial charge < -0.3 is 0 Å². The van der Waals surface area contributed by atoms with Crippen LogP contribution in [0.15, 0.2) is 12.7 Å². The molecule has 2 nitrogen and oxygen atoms in total. The zero-order chi connectivity index (χ0) is 10.3. The Bertz CT molecular complexity index is 170. The number of carbonyl (C=O) groups excluding carboxylic acids is 1. The maximum absolute atomic E-state index is 10.6. The minimum atomic E-state index is -0.309. The molecule has 0 radical (unpaired) electrons. The molecule has 0 bridgehead atoms. The van der Waals surface area contributed by atoms with Crippen molar-refractivity contribution in [2.45, 2.75) is 36.6 Å². The fourth-order valence-electron chi connectivity index (χ4n) is 0.767. The number of ether oxygens (including phenoxy) is 1. The van der Waals surface area contributed by atoms with Gasteiger partial charge >= 0.3 is 87.1 Å². The Morgan fingerprint density at radius 1 is 1.54 bits per heavy atom. The molecule has 0 aliphatic carbocycles. The second kappa shape index (κ2) is 6.26. The molecule has 76 valence electrons. The van der Waals surface area contributed by atoms with Crippen LogP contribution in [0, 0.1) is 0 Å². The first-order valence-electron chi connectivity index (χ1n) is 4.50. The summed E-state index contributed by atoms with van der Waals surface area (Å²) in [5.74, 6) is -0.309. The van der Waals surface area contributed by atoms with Crippen LogP contribution >= 0.6 is 0 Å². The second-order valence-corrected chi connectivity index (χ2v) is 8.84. The number of esters is 1. The van der Waals surface area contributed by atoms with Gasteiger partial charge in [0.05, 0.1) is 0 Å². The van der Waals surface area contributed by atoms with Crippen molar-refractivity contribution in [2.24, 2.45) is 0 Å². The van der Waals surface area contributed by atoms with E-state index in [-0.39, 0.29) is 21.7 Å². The predicted molar refractivity (Wildman–Crippen MR) is 57.4 cm³/mol. The van der Waals surface area contributed by atoms with Gasteiger partial charge in [-0.25, -0.2) is 0 Å². The Hall–Kier alpha value is -0.232. The van der Waals surface area contributed by atoms with E-state index in [4.69, 9.17) is 4.74 Å². The fourth-order valence-corrected chi connectivity index (χ4v) is 3.01. The van der Waals surface area contributed by atoms with Crippen molar-refractivity contribution in [1.82, 2.24) is 0 Å². The van der Waals surface area contributed by atoms with Gasteiger partial charge in [-0.1, -0.05) is 0 Å². The standard InChI is InChI=1S/C10H19AsO2/c1-5-9(12)13-8-6-7-11-10(2,3)4/h5,11H,1,6-8H2,2-4H3. The van der Waals surface area contributed by atoms with Gasteiger partial charge in [0.15, 0.2) is 0 Å². The molecular weight excluding hydrogens is 227 g/mol. The molecular formula is C10H19AsO2. The first-order chi connectivity index (χ1) is 5.95. The summed E-state index contributed by atoms with van der Waals surface area (Å²) < 4.78 is 5.37. The number of hydrogen-bond donors (Lipinski definition) is 0. The second-order valence-electron chi connectivity index (χ2n) is 3.90.